The molecule has 0 bridgehead atoms. The zero-order valence-corrected chi connectivity index (χ0v) is 25.9. The molecule has 5 nitrogen and oxygen atoms in total. The Bertz CT molecular complexity index is 882. The van der Waals surface area contributed by atoms with Crippen LogP contribution in [0.2, 0.25) is 0 Å². The van der Waals surface area contributed by atoms with Gasteiger partial charge >= 0.3 is 5.97 Å². The number of methoxy groups -OCH3 is 1. The lowest BCUT2D eigenvalue weighted by Crippen LogP contribution is -2.51. The van der Waals surface area contributed by atoms with Gasteiger partial charge in [0, 0.05) is 26.5 Å². The van der Waals surface area contributed by atoms with Crippen molar-refractivity contribution in [1.82, 2.24) is 5.32 Å². The third kappa shape index (κ3) is 6.76. The second-order valence-corrected chi connectivity index (χ2v) is 14.5. The average Bonchev–Trinajstić information content (AvgIpc) is 3.25. The summed E-state index contributed by atoms with van der Waals surface area (Å²) >= 11 is 0. The Morgan fingerprint density at radius 2 is 1.82 bits per heavy atom. The summed E-state index contributed by atoms with van der Waals surface area (Å²) in [5.41, 5.74) is 2.32. The van der Waals surface area contributed by atoms with Gasteiger partial charge in [0.05, 0.1) is 13.0 Å². The Morgan fingerprint density at radius 3 is 2.56 bits per heavy atom. The molecule has 39 heavy (non-hydrogen) atoms. The van der Waals surface area contributed by atoms with Gasteiger partial charge in [0.1, 0.15) is 6.10 Å². The molecule has 8 atom stereocenters. The van der Waals surface area contributed by atoms with E-state index in [4.69, 9.17) is 9.47 Å². The van der Waals surface area contributed by atoms with Crippen molar-refractivity contribution in [3.05, 3.63) is 11.6 Å². The van der Waals surface area contributed by atoms with E-state index < -0.39 is 0 Å². The number of rotatable bonds is 12. The van der Waals surface area contributed by atoms with E-state index in [0.717, 1.165) is 54.8 Å². The molecule has 0 aliphatic heterocycles. The van der Waals surface area contributed by atoms with E-state index >= 15 is 0 Å². The van der Waals surface area contributed by atoms with E-state index in [9.17, 15) is 9.59 Å². The van der Waals surface area contributed by atoms with Crippen molar-refractivity contribution in [1.29, 1.82) is 0 Å². The summed E-state index contributed by atoms with van der Waals surface area (Å²) in [4.78, 5) is 24.4. The molecule has 0 aromatic heterocycles. The van der Waals surface area contributed by atoms with Crippen LogP contribution >= 0.6 is 0 Å². The highest BCUT2D eigenvalue weighted by Crippen LogP contribution is 2.67. The number of ether oxygens (including phenoxy) is 2. The summed E-state index contributed by atoms with van der Waals surface area (Å²) in [6.45, 7) is 13.4. The number of hydrogen-bond donors (Lipinski definition) is 1. The Hall–Kier alpha value is -1.36. The van der Waals surface area contributed by atoms with Crippen LogP contribution in [0, 0.1) is 46.3 Å². The number of allylic oxidation sites excluding steroid dienone is 1. The molecule has 0 heterocycles. The molecule has 4 aliphatic carbocycles. The number of amides is 1. The highest BCUT2D eigenvalue weighted by Gasteiger charge is 2.59. The minimum atomic E-state index is -0.243. The predicted octanol–water partition coefficient (Wildman–Crippen LogP) is 7.48. The van der Waals surface area contributed by atoms with Crippen LogP contribution in [0.15, 0.2) is 11.6 Å². The van der Waals surface area contributed by atoms with Crippen LogP contribution in [0.25, 0.3) is 0 Å². The molecule has 1 amide bonds. The Kier molecular flexibility index (Phi) is 10.3. The summed E-state index contributed by atoms with van der Waals surface area (Å²) in [6, 6.07) is 0. The fourth-order valence-electron chi connectivity index (χ4n) is 9.59. The maximum atomic E-state index is 12.5. The SMILES string of the molecule is COCCNC(=O)CCC(=O)O[C@H]1CC[C@@]2(C)C(=CC[C@H]3[C@@H]4CC[C@H]([C@H](C)CCCC(C)C)[C@@]4(C)CC[C@@H]32)C1. The van der Waals surface area contributed by atoms with Gasteiger partial charge in [-0.3, -0.25) is 9.59 Å². The smallest absolute Gasteiger partial charge is 0.306 e. The van der Waals surface area contributed by atoms with E-state index in [2.05, 4.69) is 46.0 Å². The van der Waals surface area contributed by atoms with Crippen LogP contribution in [0.5, 0.6) is 0 Å². The molecule has 1 N–H and O–H groups in total. The van der Waals surface area contributed by atoms with Gasteiger partial charge in [-0.1, -0.05) is 65.5 Å². The van der Waals surface area contributed by atoms with Gasteiger partial charge in [-0.05, 0) is 91.3 Å². The van der Waals surface area contributed by atoms with E-state index in [1.54, 1.807) is 12.7 Å². The highest BCUT2D eigenvalue weighted by atomic mass is 16.5. The van der Waals surface area contributed by atoms with Crippen molar-refractivity contribution in [2.75, 3.05) is 20.3 Å². The van der Waals surface area contributed by atoms with Crippen LogP contribution in [-0.4, -0.2) is 38.2 Å². The van der Waals surface area contributed by atoms with Crippen molar-refractivity contribution >= 4 is 11.9 Å². The van der Waals surface area contributed by atoms with Gasteiger partial charge < -0.3 is 14.8 Å². The summed E-state index contributed by atoms with van der Waals surface area (Å²) in [5, 5.41) is 2.77. The molecular formula is C34H57NO4. The number of carbonyl (C=O) groups excluding carboxylic acids is 2. The van der Waals surface area contributed by atoms with Gasteiger partial charge in [-0.15, -0.1) is 0 Å². The molecule has 5 heteroatoms. The molecule has 0 aromatic carbocycles. The van der Waals surface area contributed by atoms with Crippen LogP contribution in [0.3, 0.4) is 0 Å². The molecule has 4 aliphatic rings. The number of fused-ring (bicyclic) bond motifs is 5. The molecule has 222 valence electrons. The van der Waals surface area contributed by atoms with Gasteiger partial charge in [-0.2, -0.15) is 0 Å². The van der Waals surface area contributed by atoms with Crippen molar-refractivity contribution < 1.29 is 19.1 Å². The molecule has 0 radical (unpaired) electrons. The maximum absolute atomic E-state index is 12.5. The van der Waals surface area contributed by atoms with Gasteiger partial charge in [-0.25, -0.2) is 0 Å². The first-order valence-electron chi connectivity index (χ1n) is 16.2. The van der Waals surface area contributed by atoms with Crippen molar-refractivity contribution in [2.45, 2.75) is 124 Å². The summed E-state index contributed by atoms with van der Waals surface area (Å²) in [6.07, 6.45) is 16.8. The minimum Gasteiger partial charge on any atom is -0.462 e. The third-order valence-electron chi connectivity index (χ3n) is 11.7. The van der Waals surface area contributed by atoms with Crippen LogP contribution in [-0.2, 0) is 19.1 Å². The highest BCUT2D eigenvalue weighted by molar-refractivity contribution is 5.81. The molecule has 0 unspecified atom stereocenters. The first-order valence-corrected chi connectivity index (χ1v) is 16.2. The molecule has 0 spiro atoms. The number of esters is 1. The number of hydrogen-bond acceptors (Lipinski definition) is 4. The van der Waals surface area contributed by atoms with E-state index in [1.165, 1.54) is 51.4 Å². The fourth-order valence-corrected chi connectivity index (χ4v) is 9.59. The molecular weight excluding hydrogens is 486 g/mol. The molecule has 3 fully saturated rings. The molecule has 3 saturated carbocycles. The maximum Gasteiger partial charge on any atom is 0.306 e. The largest absolute Gasteiger partial charge is 0.462 e. The second-order valence-electron chi connectivity index (χ2n) is 14.5. The Labute approximate surface area is 238 Å². The van der Waals surface area contributed by atoms with Crippen molar-refractivity contribution in [2.24, 2.45) is 46.3 Å². The van der Waals surface area contributed by atoms with Gasteiger partial charge in [0.2, 0.25) is 5.91 Å². The topological polar surface area (TPSA) is 64.6 Å². The first-order chi connectivity index (χ1) is 18.6. The Balaban J connectivity index is 1.32. The fraction of sp³-hybridized carbons (Fsp3) is 0.882. The molecule has 4 rings (SSSR count). The average molecular weight is 544 g/mol. The lowest BCUT2D eigenvalue weighted by molar-refractivity contribution is -0.152. The second kappa shape index (κ2) is 13.1. The minimum absolute atomic E-state index is 0.0404. The quantitative estimate of drug-likeness (QED) is 0.157. The van der Waals surface area contributed by atoms with Crippen LogP contribution < -0.4 is 5.32 Å². The van der Waals surface area contributed by atoms with Crippen LogP contribution in [0.4, 0.5) is 0 Å². The number of nitrogens with one attached hydrogen (secondary N) is 1. The summed E-state index contributed by atoms with van der Waals surface area (Å²) in [5.74, 6) is 4.67. The molecule has 0 saturated heterocycles. The zero-order chi connectivity index (χ0) is 28.2. The summed E-state index contributed by atoms with van der Waals surface area (Å²) in [7, 11) is 1.60. The number of carbonyl (C=O) groups is 2. The van der Waals surface area contributed by atoms with E-state index in [-0.39, 0.29) is 36.2 Å². The third-order valence-corrected chi connectivity index (χ3v) is 11.7. The lowest BCUT2D eigenvalue weighted by Gasteiger charge is -2.58. The van der Waals surface area contributed by atoms with Gasteiger partial charge in [0.15, 0.2) is 0 Å². The standard InChI is InChI=1S/C34H57NO4/c1-23(2)8-7-9-24(3)28-12-13-29-27-11-10-25-22-26(39-32(37)15-14-31(36)35-20-21-38-6)16-18-33(25,4)30(27)17-19-34(28,29)5/h10,23-24,26-30H,7-9,11-22H2,1-6H3,(H,35,36)/t24-,26+,27+,28-,29+,30+,33+,34-/m1/s1. The monoisotopic (exact) mass is 543 g/mol. The van der Waals surface area contributed by atoms with Crippen molar-refractivity contribution in [3.8, 4) is 0 Å². The van der Waals surface area contributed by atoms with E-state index in [1.807, 2.05) is 0 Å². The summed E-state index contributed by atoms with van der Waals surface area (Å²) < 4.78 is 10.8. The normalized spacial score (nSPS) is 36.4. The van der Waals surface area contributed by atoms with E-state index in [0.29, 0.717) is 18.6 Å². The van der Waals surface area contributed by atoms with Crippen LogP contribution in [0.1, 0.15) is 118 Å². The lowest BCUT2D eigenvalue weighted by atomic mass is 9.47. The Morgan fingerprint density at radius 1 is 1.03 bits per heavy atom. The predicted molar refractivity (Wildman–Crippen MR) is 157 cm³/mol. The first kappa shape index (κ1) is 30.6. The molecule has 0 aromatic rings. The van der Waals surface area contributed by atoms with Gasteiger partial charge in [0.25, 0.3) is 0 Å². The zero-order valence-electron chi connectivity index (χ0n) is 25.9. The van der Waals surface area contributed by atoms with Crippen molar-refractivity contribution in [3.63, 3.8) is 0 Å².